The first kappa shape index (κ1) is 16.2. The molecule has 21 heavy (non-hydrogen) atoms. The van der Waals surface area contributed by atoms with Crippen molar-refractivity contribution in [1.29, 1.82) is 0 Å². The average molecular weight is 313 g/mol. The van der Waals surface area contributed by atoms with Gasteiger partial charge in [0, 0.05) is 32.0 Å². The molecule has 2 heterocycles. The van der Waals surface area contributed by atoms with Crippen LogP contribution in [0.4, 0.5) is 5.69 Å². The molecule has 6 nitrogen and oxygen atoms in total. The summed E-state index contributed by atoms with van der Waals surface area (Å²) >= 11 is 0. The van der Waals surface area contributed by atoms with Crippen LogP contribution in [0.1, 0.15) is 33.1 Å². The van der Waals surface area contributed by atoms with Gasteiger partial charge in [-0.25, -0.2) is 8.42 Å². The Labute approximate surface area is 126 Å². The van der Waals surface area contributed by atoms with Crippen molar-refractivity contribution in [3.05, 3.63) is 18.5 Å². The van der Waals surface area contributed by atoms with Crippen molar-refractivity contribution in [1.82, 2.24) is 9.29 Å². The Balaban J connectivity index is 2.24. The molecule has 0 aromatic carbocycles. The molecule has 0 saturated carbocycles. The van der Waals surface area contributed by atoms with Crippen LogP contribution in [0.25, 0.3) is 0 Å². The van der Waals surface area contributed by atoms with Crippen molar-refractivity contribution in [2.75, 3.05) is 25.0 Å². The molecule has 0 bridgehead atoms. The maximum Gasteiger partial charge on any atom is 0.246 e. The SMILES string of the molecule is CCCNc1ccncc1S(=O)(=O)N1CCC(C)(O)CC1. The third-order valence-corrected chi connectivity index (χ3v) is 5.69. The number of nitrogens with one attached hydrogen (secondary N) is 1. The molecule has 7 heteroatoms. The molecule has 2 rings (SSSR count). The molecule has 0 amide bonds. The van der Waals surface area contributed by atoms with Gasteiger partial charge in [0.2, 0.25) is 10.0 Å². The number of nitrogens with zero attached hydrogens (tertiary/aromatic N) is 2. The largest absolute Gasteiger partial charge is 0.390 e. The maximum absolute atomic E-state index is 12.7. The Morgan fingerprint density at radius 3 is 2.71 bits per heavy atom. The van der Waals surface area contributed by atoms with Gasteiger partial charge in [-0.15, -0.1) is 0 Å². The lowest BCUT2D eigenvalue weighted by Crippen LogP contribution is -2.45. The highest BCUT2D eigenvalue weighted by Gasteiger charge is 2.35. The molecule has 1 fully saturated rings. The number of hydrogen-bond acceptors (Lipinski definition) is 5. The minimum atomic E-state index is -3.58. The molecule has 0 spiro atoms. The van der Waals surface area contributed by atoms with Crippen LogP contribution < -0.4 is 5.32 Å². The van der Waals surface area contributed by atoms with Gasteiger partial charge >= 0.3 is 0 Å². The molecule has 0 atom stereocenters. The van der Waals surface area contributed by atoms with E-state index in [9.17, 15) is 13.5 Å². The van der Waals surface area contributed by atoms with Gasteiger partial charge < -0.3 is 10.4 Å². The Bertz CT molecular complexity index is 577. The predicted molar refractivity (Wildman–Crippen MR) is 81.6 cm³/mol. The average Bonchev–Trinajstić information content (AvgIpc) is 2.45. The monoisotopic (exact) mass is 313 g/mol. The molecule has 1 aromatic rings. The zero-order chi connectivity index (χ0) is 15.5. The molecule has 1 aromatic heterocycles. The van der Waals surface area contributed by atoms with E-state index in [4.69, 9.17) is 0 Å². The number of sulfonamides is 1. The number of aliphatic hydroxyl groups is 1. The summed E-state index contributed by atoms with van der Waals surface area (Å²) in [6.07, 6.45) is 4.78. The molecule has 1 saturated heterocycles. The number of anilines is 1. The zero-order valence-corrected chi connectivity index (χ0v) is 13.4. The Morgan fingerprint density at radius 2 is 2.10 bits per heavy atom. The quantitative estimate of drug-likeness (QED) is 0.859. The van der Waals surface area contributed by atoms with Gasteiger partial charge in [0.1, 0.15) is 4.90 Å². The minimum absolute atomic E-state index is 0.208. The lowest BCUT2D eigenvalue weighted by Gasteiger charge is -2.35. The van der Waals surface area contributed by atoms with E-state index in [1.807, 2.05) is 6.92 Å². The summed E-state index contributed by atoms with van der Waals surface area (Å²) in [7, 11) is -3.58. The van der Waals surface area contributed by atoms with Gasteiger partial charge in [-0.3, -0.25) is 4.98 Å². The molecule has 0 radical (unpaired) electrons. The van der Waals surface area contributed by atoms with Crippen molar-refractivity contribution in [3.63, 3.8) is 0 Å². The third-order valence-electron chi connectivity index (χ3n) is 3.77. The first-order valence-corrected chi connectivity index (χ1v) is 8.71. The summed E-state index contributed by atoms with van der Waals surface area (Å²) < 4.78 is 26.9. The maximum atomic E-state index is 12.7. The van der Waals surface area contributed by atoms with Crippen molar-refractivity contribution in [2.24, 2.45) is 0 Å². The summed E-state index contributed by atoms with van der Waals surface area (Å²) in [5.41, 5.74) is -0.186. The van der Waals surface area contributed by atoms with E-state index in [2.05, 4.69) is 10.3 Å². The van der Waals surface area contributed by atoms with E-state index in [1.54, 1.807) is 19.2 Å². The van der Waals surface area contributed by atoms with E-state index in [0.29, 0.717) is 38.2 Å². The molecule has 118 valence electrons. The van der Waals surface area contributed by atoms with Crippen LogP contribution in [-0.4, -0.2) is 48.0 Å². The Kier molecular flexibility index (Phi) is 4.85. The summed E-state index contributed by atoms with van der Waals surface area (Å²) in [5, 5.41) is 13.1. The highest BCUT2D eigenvalue weighted by atomic mass is 32.2. The van der Waals surface area contributed by atoms with Gasteiger partial charge in [0.15, 0.2) is 0 Å². The molecule has 1 aliphatic rings. The van der Waals surface area contributed by atoms with Crippen molar-refractivity contribution >= 4 is 15.7 Å². The summed E-state index contributed by atoms with van der Waals surface area (Å²) in [6.45, 7) is 5.14. The summed E-state index contributed by atoms with van der Waals surface area (Å²) in [4.78, 5) is 4.16. The first-order valence-electron chi connectivity index (χ1n) is 7.27. The topological polar surface area (TPSA) is 82.5 Å². The second-order valence-corrected chi connectivity index (χ2v) is 7.61. The normalized spacial score (nSPS) is 19.4. The molecular weight excluding hydrogens is 290 g/mol. The standard InChI is InChI=1S/C14H23N3O3S/c1-3-7-16-12-4-8-15-11-13(12)21(19,20)17-9-5-14(2,18)6-10-17/h4,8,11,18H,3,5-7,9-10H2,1-2H3,(H,15,16). The second-order valence-electron chi connectivity index (χ2n) is 5.70. The second kappa shape index (κ2) is 6.29. The van der Waals surface area contributed by atoms with Crippen LogP contribution in [0.5, 0.6) is 0 Å². The van der Waals surface area contributed by atoms with Crippen LogP contribution in [0.3, 0.4) is 0 Å². The number of rotatable bonds is 5. The van der Waals surface area contributed by atoms with E-state index in [-0.39, 0.29) is 4.90 Å². The van der Waals surface area contributed by atoms with Crippen LogP contribution >= 0.6 is 0 Å². The van der Waals surface area contributed by atoms with Crippen molar-refractivity contribution < 1.29 is 13.5 Å². The number of aromatic nitrogens is 1. The fraction of sp³-hybridized carbons (Fsp3) is 0.643. The van der Waals surface area contributed by atoms with E-state index in [1.165, 1.54) is 10.5 Å². The van der Waals surface area contributed by atoms with E-state index < -0.39 is 15.6 Å². The summed E-state index contributed by atoms with van der Waals surface area (Å²) in [6, 6.07) is 1.68. The number of hydrogen-bond donors (Lipinski definition) is 2. The molecule has 2 N–H and O–H groups in total. The number of piperidine rings is 1. The van der Waals surface area contributed by atoms with Crippen LogP contribution in [-0.2, 0) is 10.0 Å². The van der Waals surface area contributed by atoms with E-state index in [0.717, 1.165) is 6.42 Å². The first-order chi connectivity index (χ1) is 9.87. The molecule has 0 aliphatic carbocycles. The van der Waals surface area contributed by atoms with Gasteiger partial charge in [-0.1, -0.05) is 6.92 Å². The van der Waals surface area contributed by atoms with E-state index >= 15 is 0 Å². The highest BCUT2D eigenvalue weighted by Crippen LogP contribution is 2.29. The van der Waals surface area contributed by atoms with Gasteiger partial charge in [-0.2, -0.15) is 4.31 Å². The lowest BCUT2D eigenvalue weighted by molar-refractivity contribution is 0.0126. The Hall–Kier alpha value is -1.18. The fourth-order valence-electron chi connectivity index (χ4n) is 2.34. The third kappa shape index (κ3) is 3.72. The highest BCUT2D eigenvalue weighted by molar-refractivity contribution is 7.89. The predicted octanol–water partition coefficient (Wildman–Crippen LogP) is 1.44. The van der Waals surface area contributed by atoms with Crippen molar-refractivity contribution in [3.8, 4) is 0 Å². The van der Waals surface area contributed by atoms with Crippen LogP contribution in [0.15, 0.2) is 23.4 Å². The molecule has 1 aliphatic heterocycles. The zero-order valence-electron chi connectivity index (χ0n) is 12.5. The minimum Gasteiger partial charge on any atom is -0.390 e. The van der Waals surface area contributed by atoms with Gasteiger partial charge in [0.05, 0.1) is 11.3 Å². The lowest BCUT2D eigenvalue weighted by atomic mass is 9.95. The fourth-order valence-corrected chi connectivity index (χ4v) is 3.89. The van der Waals surface area contributed by atoms with Crippen molar-refractivity contribution in [2.45, 2.75) is 43.6 Å². The van der Waals surface area contributed by atoms with Crippen LogP contribution in [0.2, 0.25) is 0 Å². The smallest absolute Gasteiger partial charge is 0.246 e. The van der Waals surface area contributed by atoms with Gasteiger partial charge in [-0.05, 0) is 32.3 Å². The Morgan fingerprint density at radius 1 is 1.43 bits per heavy atom. The number of pyridine rings is 1. The summed E-state index contributed by atoms with van der Waals surface area (Å²) in [5.74, 6) is 0. The van der Waals surface area contributed by atoms with Gasteiger partial charge in [0.25, 0.3) is 0 Å². The van der Waals surface area contributed by atoms with Crippen LogP contribution in [0, 0.1) is 0 Å². The molecule has 0 unspecified atom stereocenters. The molecular formula is C14H23N3O3S.